The second kappa shape index (κ2) is 10.7. The first-order valence-corrected chi connectivity index (χ1v) is 12.3. The number of methoxy groups -OCH3 is 1. The SMILES string of the molecule is CCn1c2ccccc2c2cc(SCC(NC(C)=O)C(=O)NCc3ccc(OC)cc3)ccc21. The van der Waals surface area contributed by atoms with Gasteiger partial charge in [-0.15, -0.1) is 11.8 Å². The number of thioether (sulfide) groups is 1. The molecule has 6 nitrogen and oxygen atoms in total. The van der Waals surface area contributed by atoms with Crippen LogP contribution in [0, 0.1) is 0 Å². The lowest BCUT2D eigenvalue weighted by molar-refractivity contribution is -0.127. The Hall–Kier alpha value is -3.45. The number of para-hydroxylation sites is 1. The van der Waals surface area contributed by atoms with Crippen LogP contribution in [0.5, 0.6) is 5.75 Å². The van der Waals surface area contributed by atoms with Gasteiger partial charge in [0.1, 0.15) is 11.8 Å². The average molecular weight is 476 g/mol. The van der Waals surface area contributed by atoms with E-state index in [0.717, 1.165) is 22.8 Å². The van der Waals surface area contributed by atoms with Crippen molar-refractivity contribution in [2.24, 2.45) is 0 Å². The van der Waals surface area contributed by atoms with Crippen LogP contribution in [0.4, 0.5) is 0 Å². The van der Waals surface area contributed by atoms with Crippen LogP contribution in [0.25, 0.3) is 21.8 Å². The Bertz CT molecular complexity index is 1310. The molecule has 0 saturated heterocycles. The third kappa shape index (κ3) is 5.20. The summed E-state index contributed by atoms with van der Waals surface area (Å²) in [5.41, 5.74) is 3.38. The summed E-state index contributed by atoms with van der Waals surface area (Å²) in [4.78, 5) is 25.7. The van der Waals surface area contributed by atoms with Gasteiger partial charge in [0.2, 0.25) is 11.8 Å². The highest BCUT2D eigenvalue weighted by atomic mass is 32.2. The molecule has 0 bridgehead atoms. The van der Waals surface area contributed by atoms with Gasteiger partial charge in [-0.05, 0) is 48.9 Å². The molecule has 1 heterocycles. The predicted molar refractivity (Wildman–Crippen MR) is 138 cm³/mol. The van der Waals surface area contributed by atoms with Crippen molar-refractivity contribution < 1.29 is 14.3 Å². The van der Waals surface area contributed by atoms with Gasteiger partial charge in [-0.25, -0.2) is 0 Å². The van der Waals surface area contributed by atoms with E-state index in [1.807, 2.05) is 24.3 Å². The standard InChI is InChI=1S/C27H29N3O3S/c1-4-30-25-8-6-5-7-22(25)23-15-21(13-14-26(23)30)34-17-24(29-18(2)31)27(32)28-16-19-9-11-20(33-3)12-10-19/h5-15,24H,4,16-17H2,1-3H3,(H,28,32)(H,29,31). The lowest BCUT2D eigenvalue weighted by Gasteiger charge is -2.17. The van der Waals surface area contributed by atoms with E-state index < -0.39 is 6.04 Å². The maximum Gasteiger partial charge on any atom is 0.243 e. The third-order valence-electron chi connectivity index (χ3n) is 5.80. The lowest BCUT2D eigenvalue weighted by atomic mass is 10.1. The Morgan fingerprint density at radius 1 is 1.00 bits per heavy atom. The van der Waals surface area contributed by atoms with E-state index in [2.05, 4.69) is 64.6 Å². The molecule has 1 atom stereocenters. The van der Waals surface area contributed by atoms with Crippen LogP contribution in [0.2, 0.25) is 0 Å². The van der Waals surface area contributed by atoms with Crippen molar-refractivity contribution in [3.8, 4) is 5.75 Å². The number of hydrogen-bond acceptors (Lipinski definition) is 4. The molecule has 176 valence electrons. The number of carbonyl (C=O) groups is 2. The predicted octanol–water partition coefficient (Wildman–Crippen LogP) is 4.74. The highest BCUT2D eigenvalue weighted by molar-refractivity contribution is 7.99. The number of aryl methyl sites for hydroxylation is 1. The smallest absolute Gasteiger partial charge is 0.243 e. The van der Waals surface area contributed by atoms with Gasteiger partial charge in [-0.2, -0.15) is 0 Å². The van der Waals surface area contributed by atoms with Crippen molar-refractivity contribution in [2.45, 2.75) is 37.9 Å². The summed E-state index contributed by atoms with van der Waals surface area (Å²) < 4.78 is 7.48. The molecule has 2 N–H and O–H groups in total. The number of hydrogen-bond donors (Lipinski definition) is 2. The van der Waals surface area contributed by atoms with Crippen LogP contribution in [0.3, 0.4) is 0 Å². The van der Waals surface area contributed by atoms with Gasteiger partial charge >= 0.3 is 0 Å². The number of carbonyl (C=O) groups excluding carboxylic acids is 2. The van der Waals surface area contributed by atoms with Crippen LogP contribution < -0.4 is 15.4 Å². The van der Waals surface area contributed by atoms with E-state index in [-0.39, 0.29) is 11.8 Å². The zero-order valence-electron chi connectivity index (χ0n) is 19.6. The number of nitrogens with one attached hydrogen (secondary N) is 2. The molecule has 1 aromatic heterocycles. The summed E-state index contributed by atoms with van der Waals surface area (Å²) in [7, 11) is 1.62. The normalized spacial score (nSPS) is 12.0. The fourth-order valence-electron chi connectivity index (χ4n) is 4.13. The molecule has 0 aliphatic rings. The number of fused-ring (bicyclic) bond motifs is 3. The van der Waals surface area contributed by atoms with Gasteiger partial charge in [0.05, 0.1) is 7.11 Å². The second-order valence-electron chi connectivity index (χ2n) is 8.07. The molecule has 34 heavy (non-hydrogen) atoms. The Balaban J connectivity index is 1.47. The fourth-order valence-corrected chi connectivity index (χ4v) is 5.09. The molecule has 0 aliphatic carbocycles. The van der Waals surface area contributed by atoms with Crippen LogP contribution in [0.15, 0.2) is 71.6 Å². The molecule has 4 rings (SSSR count). The van der Waals surface area contributed by atoms with E-state index in [0.29, 0.717) is 12.3 Å². The zero-order valence-corrected chi connectivity index (χ0v) is 20.4. The summed E-state index contributed by atoms with van der Waals surface area (Å²) in [6.07, 6.45) is 0. The first kappa shape index (κ1) is 23.7. The summed E-state index contributed by atoms with van der Waals surface area (Å²) in [5.74, 6) is 0.766. The minimum absolute atomic E-state index is 0.206. The average Bonchev–Trinajstić information content (AvgIpc) is 3.18. The van der Waals surface area contributed by atoms with Crippen molar-refractivity contribution in [2.75, 3.05) is 12.9 Å². The van der Waals surface area contributed by atoms with Crippen molar-refractivity contribution >= 4 is 45.4 Å². The van der Waals surface area contributed by atoms with Gasteiger partial charge in [-0.3, -0.25) is 9.59 Å². The Kier molecular flexibility index (Phi) is 7.43. The van der Waals surface area contributed by atoms with Crippen LogP contribution in [-0.4, -0.2) is 35.3 Å². The number of amides is 2. The number of nitrogens with zero attached hydrogens (tertiary/aromatic N) is 1. The number of benzene rings is 3. The monoisotopic (exact) mass is 475 g/mol. The Morgan fingerprint density at radius 3 is 2.44 bits per heavy atom. The zero-order chi connectivity index (χ0) is 24.1. The minimum Gasteiger partial charge on any atom is -0.497 e. The largest absolute Gasteiger partial charge is 0.497 e. The van der Waals surface area contributed by atoms with Crippen molar-refractivity contribution in [3.63, 3.8) is 0 Å². The lowest BCUT2D eigenvalue weighted by Crippen LogP contribution is -2.47. The van der Waals surface area contributed by atoms with Crippen molar-refractivity contribution in [1.29, 1.82) is 0 Å². The molecule has 3 aromatic carbocycles. The first-order chi connectivity index (χ1) is 16.5. The Labute approximate surface area is 203 Å². The number of rotatable bonds is 9. The highest BCUT2D eigenvalue weighted by Crippen LogP contribution is 2.32. The molecule has 2 amide bonds. The molecule has 4 aromatic rings. The van der Waals surface area contributed by atoms with Gasteiger partial charge in [0, 0.05) is 52.5 Å². The molecule has 0 spiro atoms. The number of ether oxygens (including phenoxy) is 1. The maximum atomic E-state index is 12.9. The number of aromatic nitrogens is 1. The minimum atomic E-state index is -0.631. The summed E-state index contributed by atoms with van der Waals surface area (Å²) in [6, 6.07) is 21.7. The molecule has 7 heteroatoms. The van der Waals surface area contributed by atoms with Crippen molar-refractivity contribution in [1.82, 2.24) is 15.2 Å². The summed E-state index contributed by atoms with van der Waals surface area (Å²) >= 11 is 1.56. The van der Waals surface area contributed by atoms with Gasteiger partial charge in [0.25, 0.3) is 0 Å². The van der Waals surface area contributed by atoms with Crippen molar-refractivity contribution in [3.05, 3.63) is 72.3 Å². The molecule has 1 unspecified atom stereocenters. The van der Waals surface area contributed by atoms with E-state index >= 15 is 0 Å². The van der Waals surface area contributed by atoms with Crippen LogP contribution in [-0.2, 0) is 22.7 Å². The van der Waals surface area contributed by atoms with Crippen LogP contribution >= 0.6 is 11.8 Å². The quantitative estimate of drug-likeness (QED) is 0.343. The van der Waals surface area contributed by atoms with Gasteiger partial charge < -0.3 is 19.9 Å². The summed E-state index contributed by atoms with van der Waals surface area (Å²) in [5, 5.41) is 8.14. The molecule has 0 radical (unpaired) electrons. The van der Waals surface area contributed by atoms with Gasteiger partial charge in [0.15, 0.2) is 0 Å². The van der Waals surface area contributed by atoms with Gasteiger partial charge in [-0.1, -0.05) is 30.3 Å². The Morgan fingerprint density at radius 2 is 1.74 bits per heavy atom. The van der Waals surface area contributed by atoms with E-state index in [4.69, 9.17) is 4.74 Å². The topological polar surface area (TPSA) is 72.4 Å². The van der Waals surface area contributed by atoms with E-state index in [1.54, 1.807) is 18.9 Å². The highest BCUT2D eigenvalue weighted by Gasteiger charge is 2.20. The molecule has 0 saturated carbocycles. The van der Waals surface area contributed by atoms with E-state index in [1.165, 1.54) is 28.7 Å². The first-order valence-electron chi connectivity index (χ1n) is 11.3. The van der Waals surface area contributed by atoms with Crippen LogP contribution in [0.1, 0.15) is 19.4 Å². The maximum absolute atomic E-state index is 12.9. The van der Waals surface area contributed by atoms with E-state index in [9.17, 15) is 9.59 Å². The fraction of sp³-hybridized carbons (Fsp3) is 0.259. The summed E-state index contributed by atoms with van der Waals surface area (Å²) in [6.45, 7) is 4.86. The molecule has 0 aliphatic heterocycles. The molecule has 0 fully saturated rings. The third-order valence-corrected chi connectivity index (χ3v) is 6.88. The molecular weight excluding hydrogens is 446 g/mol. The second-order valence-corrected chi connectivity index (χ2v) is 9.16. The molecular formula is C27H29N3O3S.